The highest BCUT2D eigenvalue weighted by Crippen LogP contribution is 2.46. The van der Waals surface area contributed by atoms with E-state index in [0.717, 1.165) is 16.4 Å². The lowest BCUT2D eigenvalue weighted by Crippen LogP contribution is -2.74. The Bertz CT molecular complexity index is 1060. The second-order valence-corrected chi connectivity index (χ2v) is 10.2. The van der Waals surface area contributed by atoms with Crippen LogP contribution in [0.4, 0.5) is 5.69 Å². The number of hydrogen-bond acceptors (Lipinski definition) is 10. The monoisotopic (exact) mass is 498 g/mol. The van der Waals surface area contributed by atoms with Gasteiger partial charge in [-0.3, -0.25) is 24.1 Å². The number of fused-ring (bicyclic) bond motifs is 1. The predicted octanol–water partition coefficient (Wildman–Crippen LogP) is 0.319. The molecule has 2 unspecified atom stereocenters. The number of aliphatic carboxylic acids is 2. The number of nitrogens with zero attached hydrogens (tertiary/aromatic N) is 6. The van der Waals surface area contributed by atoms with Gasteiger partial charge in [-0.25, -0.2) is 4.68 Å². The lowest BCUT2D eigenvalue weighted by molar-refractivity contribution is -0.156. The number of amides is 2. The van der Waals surface area contributed by atoms with E-state index in [0.29, 0.717) is 5.69 Å². The van der Waals surface area contributed by atoms with Gasteiger partial charge in [0.05, 0.1) is 5.69 Å². The van der Waals surface area contributed by atoms with Crippen molar-refractivity contribution >= 4 is 64.3 Å². The molecule has 2 N–H and O–H groups in total. The number of carboxylic acid groups (broad SMARTS) is 2. The lowest BCUT2D eigenvalue weighted by Gasteiger charge is -2.56. The Morgan fingerprint density at radius 3 is 2.78 bits per heavy atom. The quantitative estimate of drug-likeness (QED) is 0.381. The van der Waals surface area contributed by atoms with E-state index in [1.54, 1.807) is 11.4 Å². The van der Waals surface area contributed by atoms with Gasteiger partial charge in [0.2, 0.25) is 17.0 Å². The zero-order valence-electron chi connectivity index (χ0n) is 16.7. The first kappa shape index (κ1) is 22.5. The Morgan fingerprint density at radius 2 is 2.16 bits per heavy atom. The van der Waals surface area contributed by atoms with Crippen LogP contribution >= 0.6 is 34.9 Å². The fraction of sp³-hybridized carbons (Fsp3) is 0.471. The molecule has 12 nitrogen and oxygen atoms in total. The van der Waals surface area contributed by atoms with E-state index >= 15 is 0 Å². The van der Waals surface area contributed by atoms with Crippen molar-refractivity contribution in [3.8, 4) is 0 Å². The Kier molecular flexibility index (Phi) is 6.13. The average Bonchev–Trinajstić information content (AvgIpc) is 3.41. The van der Waals surface area contributed by atoms with Gasteiger partial charge in [0.25, 0.3) is 0 Å². The molecule has 3 atom stereocenters. The summed E-state index contributed by atoms with van der Waals surface area (Å²) >= 11 is 3.78. The zero-order chi connectivity index (χ0) is 23.0. The maximum Gasteiger partial charge on any atom is 0.325 e. The molecular weight excluding hydrogens is 480 g/mol. The molecule has 0 saturated carbocycles. The summed E-state index contributed by atoms with van der Waals surface area (Å²) in [6.45, 7) is 0.945. The molecule has 4 heterocycles. The highest BCUT2D eigenvalue weighted by Gasteiger charge is 2.59. The Labute approximate surface area is 193 Å². The van der Waals surface area contributed by atoms with E-state index in [2.05, 4.69) is 15.5 Å². The van der Waals surface area contributed by atoms with Crippen LogP contribution in [0.1, 0.15) is 6.92 Å². The van der Waals surface area contributed by atoms with Gasteiger partial charge >= 0.3 is 11.9 Å². The Balaban J connectivity index is 1.49. The van der Waals surface area contributed by atoms with Crippen molar-refractivity contribution in [2.75, 3.05) is 23.0 Å². The lowest BCUT2D eigenvalue weighted by atomic mass is 9.89. The smallest absolute Gasteiger partial charge is 0.325 e. The first-order chi connectivity index (χ1) is 15.2. The highest BCUT2D eigenvalue weighted by atomic mass is 32.2. The second-order valence-electron chi connectivity index (χ2n) is 7.37. The fourth-order valence-corrected chi connectivity index (χ4v) is 7.06. The minimum Gasteiger partial charge on any atom is -0.481 e. The number of tetrazole rings is 1. The van der Waals surface area contributed by atoms with Crippen molar-refractivity contribution in [3.63, 3.8) is 0 Å². The number of thiophene rings is 1. The number of carboxylic acids is 2. The number of thioether (sulfide) groups is 2. The molecule has 2 saturated heterocycles. The second kappa shape index (κ2) is 8.71. The van der Waals surface area contributed by atoms with Crippen LogP contribution < -0.4 is 4.90 Å². The van der Waals surface area contributed by atoms with Crippen molar-refractivity contribution in [1.82, 2.24) is 25.1 Å². The van der Waals surface area contributed by atoms with Crippen LogP contribution in [0.5, 0.6) is 0 Å². The third-order valence-electron chi connectivity index (χ3n) is 5.23. The van der Waals surface area contributed by atoms with E-state index in [4.69, 9.17) is 5.11 Å². The number of carbonyl (C=O) groups excluding carboxylic acids is 2. The van der Waals surface area contributed by atoms with Crippen LogP contribution in [0.15, 0.2) is 22.0 Å². The van der Waals surface area contributed by atoms with Crippen molar-refractivity contribution in [1.29, 1.82) is 0 Å². The molecule has 32 heavy (non-hydrogen) atoms. The largest absolute Gasteiger partial charge is 0.481 e. The molecule has 0 bridgehead atoms. The molecule has 2 aromatic rings. The molecule has 15 heteroatoms. The average molecular weight is 499 g/mol. The van der Waals surface area contributed by atoms with Crippen molar-refractivity contribution in [2.24, 2.45) is 5.41 Å². The third-order valence-corrected chi connectivity index (χ3v) is 8.73. The number of aromatic nitrogens is 4. The summed E-state index contributed by atoms with van der Waals surface area (Å²) in [5.41, 5.74) is -0.618. The first-order valence-corrected chi connectivity index (χ1v) is 12.3. The molecule has 2 fully saturated rings. The Morgan fingerprint density at radius 1 is 1.38 bits per heavy atom. The summed E-state index contributed by atoms with van der Waals surface area (Å²) < 4.78 is 1.08. The highest BCUT2D eigenvalue weighted by molar-refractivity contribution is 8.00. The van der Waals surface area contributed by atoms with Gasteiger partial charge < -0.3 is 15.1 Å². The van der Waals surface area contributed by atoms with Crippen molar-refractivity contribution in [3.05, 3.63) is 16.8 Å². The number of anilines is 1. The maximum absolute atomic E-state index is 13.0. The molecule has 2 aromatic heterocycles. The summed E-state index contributed by atoms with van der Waals surface area (Å²) in [7, 11) is 0. The zero-order valence-corrected chi connectivity index (χ0v) is 19.1. The predicted molar refractivity (Wildman–Crippen MR) is 115 cm³/mol. The van der Waals surface area contributed by atoms with Crippen LogP contribution in [0.25, 0.3) is 0 Å². The standard InChI is InChI=1S/C17H18N6O6S3/c1-9(24)23(10-2-3-30-5-10)12-13(27)21-6-17(15(28)29,7-31-14(12)21)8-32-16-18-19-20-22(16)4-11(25)26/h2-3,5,12,14H,4,6-8H2,1H3,(H,25,26)(H,28,29)/t12?,14-,17?/m1/s1. The minimum atomic E-state index is -1.27. The van der Waals surface area contributed by atoms with E-state index in [9.17, 15) is 24.3 Å². The van der Waals surface area contributed by atoms with E-state index in [-0.39, 0.29) is 40.4 Å². The molecule has 0 spiro atoms. The van der Waals surface area contributed by atoms with Crippen LogP contribution in [0.2, 0.25) is 0 Å². The molecule has 4 rings (SSSR count). The van der Waals surface area contributed by atoms with Crippen LogP contribution in [-0.4, -0.2) is 88.5 Å². The van der Waals surface area contributed by atoms with E-state index in [1.165, 1.54) is 39.8 Å². The Hall–Kier alpha value is -2.65. The van der Waals surface area contributed by atoms with Crippen LogP contribution in [0.3, 0.4) is 0 Å². The molecule has 2 aliphatic rings. The summed E-state index contributed by atoms with van der Waals surface area (Å²) in [5, 5.41) is 33.2. The van der Waals surface area contributed by atoms with Crippen molar-refractivity contribution < 1.29 is 29.4 Å². The van der Waals surface area contributed by atoms with Gasteiger partial charge in [0, 0.05) is 30.4 Å². The normalized spacial score (nSPS) is 24.5. The van der Waals surface area contributed by atoms with Crippen LogP contribution in [0, 0.1) is 5.41 Å². The van der Waals surface area contributed by atoms with Gasteiger partial charge in [0.1, 0.15) is 23.4 Å². The van der Waals surface area contributed by atoms with Gasteiger partial charge in [-0.05, 0) is 21.9 Å². The van der Waals surface area contributed by atoms with Crippen molar-refractivity contribution in [2.45, 2.75) is 30.0 Å². The third kappa shape index (κ3) is 3.95. The minimum absolute atomic E-state index is 0.0157. The summed E-state index contributed by atoms with van der Waals surface area (Å²) in [6.07, 6.45) is 0. The molecule has 0 radical (unpaired) electrons. The maximum atomic E-state index is 13.0. The summed E-state index contributed by atoms with van der Waals surface area (Å²) in [6, 6.07) is 1.10. The summed E-state index contributed by atoms with van der Waals surface area (Å²) in [5.74, 6) is -2.47. The van der Waals surface area contributed by atoms with Gasteiger partial charge in [-0.15, -0.1) is 16.9 Å². The van der Waals surface area contributed by atoms with Crippen LogP contribution in [-0.2, 0) is 25.7 Å². The van der Waals surface area contributed by atoms with Gasteiger partial charge in [0.15, 0.2) is 0 Å². The van der Waals surface area contributed by atoms with Gasteiger partial charge in [-0.1, -0.05) is 11.8 Å². The molecular formula is C17H18N6O6S3. The van der Waals surface area contributed by atoms with E-state index in [1.807, 2.05) is 5.38 Å². The topological polar surface area (TPSA) is 159 Å². The summed E-state index contributed by atoms with van der Waals surface area (Å²) in [4.78, 5) is 51.4. The molecule has 170 valence electrons. The number of hydrogen-bond donors (Lipinski definition) is 2. The molecule has 2 amide bonds. The fourth-order valence-electron chi connectivity index (χ4n) is 3.65. The molecule has 2 aliphatic heterocycles. The van der Waals surface area contributed by atoms with Gasteiger partial charge in [-0.2, -0.15) is 11.3 Å². The number of rotatable bonds is 8. The SMILES string of the molecule is CC(=O)N(c1ccsc1)C1C(=O)N2CC(CSc3nnnn3CC(=O)O)(C(=O)O)CS[C@H]12. The van der Waals surface area contributed by atoms with E-state index < -0.39 is 29.9 Å². The number of carbonyl (C=O) groups is 4. The number of β-lactam (4-membered cyclic amide) rings is 1. The first-order valence-electron chi connectivity index (χ1n) is 9.32. The molecule has 0 aliphatic carbocycles. The molecule has 0 aromatic carbocycles.